The number of aromatic nitrogens is 1. The van der Waals surface area contributed by atoms with Gasteiger partial charge in [-0.25, -0.2) is 17.8 Å². The van der Waals surface area contributed by atoms with Crippen molar-refractivity contribution in [2.45, 2.75) is 4.90 Å². The van der Waals surface area contributed by atoms with Crippen LogP contribution in [-0.2, 0) is 10.0 Å². The predicted molar refractivity (Wildman–Crippen MR) is 61.4 cm³/mol. The molecule has 0 saturated heterocycles. The molecule has 2 rings (SSSR count). The van der Waals surface area contributed by atoms with E-state index >= 15 is 0 Å². The second-order valence-electron chi connectivity index (χ2n) is 3.27. The van der Waals surface area contributed by atoms with Gasteiger partial charge >= 0.3 is 0 Å². The normalized spacial score (nSPS) is 11.1. The number of sulfonamides is 1. The Balaban J connectivity index is 2.29. The summed E-state index contributed by atoms with van der Waals surface area (Å²) in [5.74, 6) is -0.265. The van der Waals surface area contributed by atoms with E-state index in [1.807, 2.05) is 0 Å². The van der Waals surface area contributed by atoms with Gasteiger partial charge in [-0.3, -0.25) is 4.72 Å². The summed E-state index contributed by atoms with van der Waals surface area (Å²) in [6.07, 6.45) is 1.47. The van der Waals surface area contributed by atoms with Gasteiger partial charge in [0, 0.05) is 6.20 Å². The third-order valence-electron chi connectivity index (χ3n) is 2.03. The van der Waals surface area contributed by atoms with Gasteiger partial charge in [0.25, 0.3) is 10.0 Å². The molecule has 1 aromatic heterocycles. The number of nitrogens with one attached hydrogen (secondary N) is 1. The molecule has 1 N–H and O–H groups in total. The van der Waals surface area contributed by atoms with Gasteiger partial charge in [0.05, 0.1) is 4.90 Å². The Kier molecular flexibility index (Phi) is 3.06. The largest absolute Gasteiger partial charge is 0.263 e. The van der Waals surface area contributed by atoms with E-state index in [9.17, 15) is 12.8 Å². The van der Waals surface area contributed by atoms with Gasteiger partial charge in [-0.1, -0.05) is 6.07 Å². The molecule has 0 aliphatic carbocycles. The van der Waals surface area contributed by atoms with E-state index in [0.29, 0.717) is 0 Å². The third-order valence-corrected chi connectivity index (χ3v) is 3.40. The molecule has 0 aliphatic rings. The molecule has 0 bridgehead atoms. The lowest BCUT2D eigenvalue weighted by Crippen LogP contribution is -2.13. The topological polar surface area (TPSA) is 59.1 Å². The summed E-state index contributed by atoms with van der Waals surface area (Å²) < 4.78 is 38.6. The SMILES string of the molecule is O=S(=O)(Nc1ccccn1)c1ccc(F)cc1. The first kappa shape index (κ1) is 11.5. The van der Waals surface area contributed by atoms with Crippen LogP contribution in [0, 0.1) is 5.82 Å². The van der Waals surface area contributed by atoms with Gasteiger partial charge in [-0.15, -0.1) is 0 Å². The van der Waals surface area contributed by atoms with E-state index < -0.39 is 15.8 Å². The number of hydrogen-bond acceptors (Lipinski definition) is 3. The maximum atomic E-state index is 12.7. The Labute approximate surface area is 98.2 Å². The van der Waals surface area contributed by atoms with Crippen LogP contribution >= 0.6 is 0 Å². The average Bonchev–Trinajstić information content (AvgIpc) is 2.30. The molecule has 2 aromatic rings. The minimum absolute atomic E-state index is 0.00967. The quantitative estimate of drug-likeness (QED) is 0.909. The molecule has 0 atom stereocenters. The third kappa shape index (κ3) is 2.79. The van der Waals surface area contributed by atoms with Crippen LogP contribution in [0.25, 0.3) is 0 Å². The van der Waals surface area contributed by atoms with Crippen molar-refractivity contribution in [2.24, 2.45) is 0 Å². The van der Waals surface area contributed by atoms with Crippen molar-refractivity contribution >= 4 is 15.8 Å². The highest BCUT2D eigenvalue weighted by Crippen LogP contribution is 2.14. The fourth-order valence-corrected chi connectivity index (χ4v) is 2.24. The molecule has 88 valence electrons. The van der Waals surface area contributed by atoms with Crippen molar-refractivity contribution in [3.63, 3.8) is 0 Å². The van der Waals surface area contributed by atoms with Gasteiger partial charge in [-0.05, 0) is 36.4 Å². The van der Waals surface area contributed by atoms with Crippen LogP contribution in [0.1, 0.15) is 0 Å². The van der Waals surface area contributed by atoms with E-state index in [2.05, 4.69) is 9.71 Å². The standard InChI is InChI=1S/C11H9FN2O2S/c12-9-4-6-10(7-5-9)17(15,16)14-11-3-1-2-8-13-11/h1-8H,(H,13,14). The highest BCUT2D eigenvalue weighted by Gasteiger charge is 2.14. The molecule has 0 amide bonds. The minimum atomic E-state index is -3.71. The summed E-state index contributed by atoms with van der Waals surface area (Å²) in [4.78, 5) is 3.83. The maximum absolute atomic E-state index is 12.7. The van der Waals surface area contributed by atoms with Crippen LogP contribution in [-0.4, -0.2) is 13.4 Å². The van der Waals surface area contributed by atoms with Crippen LogP contribution in [0.4, 0.5) is 10.2 Å². The average molecular weight is 252 g/mol. The zero-order chi connectivity index (χ0) is 12.3. The number of pyridine rings is 1. The van der Waals surface area contributed by atoms with E-state index in [0.717, 1.165) is 12.1 Å². The van der Waals surface area contributed by atoms with Gasteiger partial charge in [0.15, 0.2) is 0 Å². The first-order valence-corrected chi connectivity index (χ1v) is 6.26. The first-order valence-electron chi connectivity index (χ1n) is 4.77. The van der Waals surface area contributed by atoms with Crippen molar-refractivity contribution in [1.82, 2.24) is 4.98 Å². The summed E-state index contributed by atoms with van der Waals surface area (Å²) in [7, 11) is -3.71. The molecule has 0 fully saturated rings. The molecule has 1 aromatic carbocycles. The van der Waals surface area contributed by atoms with E-state index in [1.165, 1.54) is 24.4 Å². The van der Waals surface area contributed by atoms with Crippen molar-refractivity contribution in [3.05, 3.63) is 54.5 Å². The molecule has 0 radical (unpaired) electrons. The van der Waals surface area contributed by atoms with Crippen LogP contribution < -0.4 is 4.72 Å². The van der Waals surface area contributed by atoms with Gasteiger partial charge in [-0.2, -0.15) is 0 Å². The molecule has 0 unspecified atom stereocenters. The second kappa shape index (κ2) is 4.50. The van der Waals surface area contributed by atoms with Crippen molar-refractivity contribution in [2.75, 3.05) is 4.72 Å². The van der Waals surface area contributed by atoms with Gasteiger partial charge in [0.1, 0.15) is 11.6 Å². The Morgan fingerprint density at radius 1 is 1.06 bits per heavy atom. The van der Waals surface area contributed by atoms with Crippen LogP contribution in [0.3, 0.4) is 0 Å². The number of anilines is 1. The summed E-state index contributed by atoms with van der Waals surface area (Å²) in [6.45, 7) is 0. The monoisotopic (exact) mass is 252 g/mol. The number of benzene rings is 1. The predicted octanol–water partition coefficient (Wildman–Crippen LogP) is 2.02. The Morgan fingerprint density at radius 3 is 2.35 bits per heavy atom. The number of halogens is 1. The molecular weight excluding hydrogens is 243 g/mol. The van der Waals surface area contributed by atoms with Crippen LogP contribution in [0.15, 0.2) is 53.6 Å². The second-order valence-corrected chi connectivity index (χ2v) is 4.96. The van der Waals surface area contributed by atoms with Crippen LogP contribution in [0.2, 0.25) is 0 Å². The number of hydrogen-bond donors (Lipinski definition) is 1. The van der Waals surface area contributed by atoms with E-state index in [4.69, 9.17) is 0 Å². The molecular formula is C11H9FN2O2S. The Morgan fingerprint density at radius 2 is 1.76 bits per heavy atom. The van der Waals surface area contributed by atoms with Crippen molar-refractivity contribution < 1.29 is 12.8 Å². The van der Waals surface area contributed by atoms with E-state index in [-0.39, 0.29) is 10.7 Å². The van der Waals surface area contributed by atoms with Crippen molar-refractivity contribution in [3.8, 4) is 0 Å². The Bertz CT molecular complexity index is 597. The van der Waals surface area contributed by atoms with Gasteiger partial charge < -0.3 is 0 Å². The first-order chi connectivity index (χ1) is 8.08. The molecule has 17 heavy (non-hydrogen) atoms. The van der Waals surface area contributed by atoms with Crippen molar-refractivity contribution in [1.29, 1.82) is 0 Å². The minimum Gasteiger partial charge on any atom is -0.263 e. The zero-order valence-electron chi connectivity index (χ0n) is 8.67. The van der Waals surface area contributed by atoms with Gasteiger partial charge in [0.2, 0.25) is 0 Å². The van der Waals surface area contributed by atoms with E-state index in [1.54, 1.807) is 12.1 Å². The summed E-state index contributed by atoms with van der Waals surface area (Å²) in [5.41, 5.74) is 0. The van der Waals surface area contributed by atoms with Crippen LogP contribution in [0.5, 0.6) is 0 Å². The Hall–Kier alpha value is -1.95. The smallest absolute Gasteiger partial charge is 0.263 e. The summed E-state index contributed by atoms with van der Waals surface area (Å²) in [6, 6.07) is 9.44. The fourth-order valence-electron chi connectivity index (χ4n) is 1.23. The zero-order valence-corrected chi connectivity index (χ0v) is 9.49. The summed E-state index contributed by atoms with van der Waals surface area (Å²) in [5, 5.41) is 0. The molecule has 1 heterocycles. The lowest BCUT2D eigenvalue weighted by atomic mass is 10.4. The highest BCUT2D eigenvalue weighted by atomic mass is 32.2. The molecule has 0 aliphatic heterocycles. The molecule has 0 saturated carbocycles. The lowest BCUT2D eigenvalue weighted by molar-refractivity contribution is 0.599. The molecule has 0 spiro atoms. The number of rotatable bonds is 3. The fraction of sp³-hybridized carbons (Fsp3) is 0. The molecule has 4 nitrogen and oxygen atoms in total. The maximum Gasteiger partial charge on any atom is 0.263 e. The summed E-state index contributed by atoms with van der Waals surface area (Å²) >= 11 is 0. The molecule has 6 heteroatoms. The highest BCUT2D eigenvalue weighted by molar-refractivity contribution is 7.92. The number of nitrogens with zero attached hydrogens (tertiary/aromatic N) is 1. The lowest BCUT2D eigenvalue weighted by Gasteiger charge is -2.06.